The number of aliphatic imine (C=N–C) groups is 1. The van der Waals surface area contributed by atoms with Crippen molar-refractivity contribution in [2.75, 3.05) is 13.8 Å². The van der Waals surface area contributed by atoms with Gasteiger partial charge in [0.05, 0.1) is 0 Å². The number of fused-ring (bicyclic) bond motifs is 1. The van der Waals surface area contributed by atoms with E-state index in [1.807, 2.05) is 54.2 Å². The fraction of sp³-hybridized carbons (Fsp3) is 0.250. The number of hydrogen-bond donors (Lipinski definition) is 2. The summed E-state index contributed by atoms with van der Waals surface area (Å²) in [6.45, 7) is 3.49. The minimum absolute atomic E-state index is 0. The molecule has 9 heteroatoms. The largest absolute Gasteiger partial charge is 0.454 e. The van der Waals surface area contributed by atoms with Crippen molar-refractivity contribution in [3.05, 3.63) is 65.9 Å². The number of halogens is 1. The van der Waals surface area contributed by atoms with Crippen LogP contribution in [0.2, 0.25) is 0 Å². The quantitative estimate of drug-likeness (QED) is 0.315. The Hall–Kier alpha value is -2.82. The molecule has 0 saturated carbocycles. The summed E-state index contributed by atoms with van der Waals surface area (Å²) >= 11 is 0. The molecule has 1 aliphatic rings. The van der Waals surface area contributed by atoms with Gasteiger partial charge in [-0.2, -0.15) is 0 Å². The summed E-state index contributed by atoms with van der Waals surface area (Å²) in [7, 11) is 1.75. The fourth-order valence-electron chi connectivity index (χ4n) is 2.93. The Bertz CT molecular complexity index is 987. The molecule has 1 aromatic carbocycles. The Morgan fingerprint density at radius 2 is 1.83 bits per heavy atom. The monoisotopic (exact) mass is 506 g/mol. The van der Waals surface area contributed by atoms with E-state index in [-0.39, 0.29) is 30.8 Å². The molecular weight excluding hydrogens is 483 g/mol. The second kappa shape index (κ2) is 9.59. The lowest BCUT2D eigenvalue weighted by atomic mass is 10.2. The van der Waals surface area contributed by atoms with E-state index in [1.54, 1.807) is 13.2 Å². The average molecular weight is 506 g/mol. The van der Waals surface area contributed by atoms with Crippen molar-refractivity contribution in [1.29, 1.82) is 0 Å². The number of imidazole rings is 1. The lowest BCUT2D eigenvalue weighted by molar-refractivity contribution is 0.174. The number of nitrogens with one attached hydrogen (secondary N) is 2. The van der Waals surface area contributed by atoms with Gasteiger partial charge in [0.15, 0.2) is 17.5 Å². The molecule has 0 spiro atoms. The standard InChI is InChI=1S/C20H22N6O2.HI/c1-14-22-7-8-26(14)19-6-4-16(11-23-19)12-25-20(21-2)24-10-15-3-5-17-18(9-15)28-13-27-17;/h3-9,11H,10,12-13H2,1-2H3,(H2,21,24,25);1H. The third-order valence-electron chi connectivity index (χ3n) is 4.46. The molecular formula is C20H23IN6O2. The minimum atomic E-state index is 0. The van der Waals surface area contributed by atoms with E-state index in [0.717, 1.165) is 34.3 Å². The molecule has 0 fully saturated rings. The van der Waals surface area contributed by atoms with Crippen LogP contribution in [0.5, 0.6) is 11.5 Å². The van der Waals surface area contributed by atoms with Gasteiger partial charge in [0.1, 0.15) is 11.6 Å². The highest BCUT2D eigenvalue weighted by molar-refractivity contribution is 14.0. The molecule has 2 N–H and O–H groups in total. The van der Waals surface area contributed by atoms with Crippen LogP contribution in [0.15, 0.2) is 53.9 Å². The highest BCUT2D eigenvalue weighted by atomic mass is 127. The van der Waals surface area contributed by atoms with Crippen molar-refractivity contribution >= 4 is 29.9 Å². The molecule has 0 saturated heterocycles. The zero-order valence-corrected chi connectivity index (χ0v) is 18.6. The molecule has 8 nitrogen and oxygen atoms in total. The molecule has 29 heavy (non-hydrogen) atoms. The predicted octanol–water partition coefficient (Wildman–Crippen LogP) is 2.79. The second-order valence-electron chi connectivity index (χ2n) is 6.34. The number of hydrogen-bond acceptors (Lipinski definition) is 5. The minimum Gasteiger partial charge on any atom is -0.454 e. The Balaban J connectivity index is 0.00000240. The maximum atomic E-state index is 5.41. The van der Waals surface area contributed by atoms with Gasteiger partial charge in [-0.1, -0.05) is 12.1 Å². The summed E-state index contributed by atoms with van der Waals surface area (Å²) in [5.74, 6) is 4.04. The maximum absolute atomic E-state index is 5.41. The normalized spacial score (nSPS) is 12.4. The zero-order chi connectivity index (χ0) is 19.3. The lowest BCUT2D eigenvalue weighted by Crippen LogP contribution is -2.36. The molecule has 4 rings (SSSR count). The van der Waals surface area contributed by atoms with Gasteiger partial charge in [-0.25, -0.2) is 9.97 Å². The number of aromatic nitrogens is 3. The van der Waals surface area contributed by atoms with Crippen LogP contribution >= 0.6 is 24.0 Å². The van der Waals surface area contributed by atoms with Crippen molar-refractivity contribution in [2.45, 2.75) is 20.0 Å². The van der Waals surface area contributed by atoms with Gasteiger partial charge in [0.25, 0.3) is 0 Å². The summed E-state index contributed by atoms with van der Waals surface area (Å²) in [6, 6.07) is 9.93. The predicted molar refractivity (Wildman–Crippen MR) is 121 cm³/mol. The molecule has 1 aliphatic heterocycles. The number of guanidine groups is 1. The van der Waals surface area contributed by atoms with Crippen molar-refractivity contribution < 1.29 is 9.47 Å². The average Bonchev–Trinajstić information content (AvgIpc) is 3.37. The summed E-state index contributed by atoms with van der Waals surface area (Å²) < 4.78 is 12.7. The van der Waals surface area contributed by atoms with E-state index in [4.69, 9.17) is 9.47 Å². The van der Waals surface area contributed by atoms with Gasteiger partial charge in [-0.3, -0.25) is 9.56 Å². The molecule has 3 heterocycles. The number of nitrogens with zero attached hydrogens (tertiary/aromatic N) is 4. The van der Waals surface area contributed by atoms with E-state index in [1.165, 1.54) is 0 Å². The number of benzene rings is 1. The second-order valence-corrected chi connectivity index (χ2v) is 6.34. The third kappa shape index (κ3) is 4.97. The van der Waals surface area contributed by atoms with E-state index in [9.17, 15) is 0 Å². The molecule has 0 aliphatic carbocycles. The van der Waals surface area contributed by atoms with E-state index < -0.39 is 0 Å². The Labute approximate surface area is 186 Å². The van der Waals surface area contributed by atoms with Crippen LogP contribution in [0.4, 0.5) is 0 Å². The van der Waals surface area contributed by atoms with Gasteiger partial charge in [-0.05, 0) is 36.2 Å². The first-order chi connectivity index (χ1) is 13.7. The fourth-order valence-corrected chi connectivity index (χ4v) is 2.93. The lowest BCUT2D eigenvalue weighted by Gasteiger charge is -2.12. The van der Waals surface area contributed by atoms with Crippen molar-refractivity contribution in [3.63, 3.8) is 0 Å². The first-order valence-electron chi connectivity index (χ1n) is 9.01. The van der Waals surface area contributed by atoms with Gasteiger partial charge < -0.3 is 20.1 Å². The van der Waals surface area contributed by atoms with Crippen LogP contribution in [-0.2, 0) is 13.1 Å². The molecule has 0 bridgehead atoms. The van der Waals surface area contributed by atoms with E-state index >= 15 is 0 Å². The number of pyridine rings is 1. The summed E-state index contributed by atoms with van der Waals surface area (Å²) in [5, 5.41) is 6.60. The van der Waals surface area contributed by atoms with Crippen molar-refractivity contribution in [3.8, 4) is 17.3 Å². The Morgan fingerprint density at radius 1 is 1.07 bits per heavy atom. The van der Waals surface area contributed by atoms with E-state index in [2.05, 4.69) is 25.6 Å². The molecule has 3 aromatic rings. The Kier molecular flexibility index (Phi) is 6.91. The molecule has 152 valence electrons. The zero-order valence-electron chi connectivity index (χ0n) is 16.3. The van der Waals surface area contributed by atoms with Crippen molar-refractivity contribution in [1.82, 2.24) is 25.2 Å². The van der Waals surface area contributed by atoms with Gasteiger partial charge >= 0.3 is 0 Å². The molecule has 0 atom stereocenters. The first-order valence-corrected chi connectivity index (χ1v) is 9.01. The molecule has 0 unspecified atom stereocenters. The topological polar surface area (TPSA) is 85.6 Å². The van der Waals surface area contributed by atoms with Crippen LogP contribution in [0.1, 0.15) is 17.0 Å². The maximum Gasteiger partial charge on any atom is 0.231 e. The van der Waals surface area contributed by atoms with Gasteiger partial charge in [-0.15, -0.1) is 24.0 Å². The number of ether oxygens (including phenoxy) is 2. The number of rotatable bonds is 5. The first kappa shape index (κ1) is 20.9. The molecule has 0 amide bonds. The van der Waals surface area contributed by atoms with Crippen LogP contribution < -0.4 is 20.1 Å². The van der Waals surface area contributed by atoms with Gasteiger partial charge in [0.2, 0.25) is 6.79 Å². The number of aryl methyl sites for hydroxylation is 1. The molecule has 2 aromatic heterocycles. The summed E-state index contributed by atoms with van der Waals surface area (Å²) in [4.78, 5) is 13.0. The summed E-state index contributed by atoms with van der Waals surface area (Å²) in [5.41, 5.74) is 2.15. The van der Waals surface area contributed by atoms with Crippen LogP contribution in [-0.4, -0.2) is 34.3 Å². The SMILES string of the molecule is CN=C(NCc1ccc(-n2ccnc2C)nc1)NCc1ccc2c(c1)OCO2.I. The van der Waals surface area contributed by atoms with Crippen LogP contribution in [0, 0.1) is 6.92 Å². The van der Waals surface area contributed by atoms with Crippen LogP contribution in [0.25, 0.3) is 5.82 Å². The van der Waals surface area contributed by atoms with Gasteiger partial charge in [0, 0.05) is 38.7 Å². The smallest absolute Gasteiger partial charge is 0.231 e. The highest BCUT2D eigenvalue weighted by Crippen LogP contribution is 2.32. The highest BCUT2D eigenvalue weighted by Gasteiger charge is 2.13. The third-order valence-corrected chi connectivity index (χ3v) is 4.46. The van der Waals surface area contributed by atoms with E-state index in [0.29, 0.717) is 19.0 Å². The van der Waals surface area contributed by atoms with Crippen LogP contribution in [0.3, 0.4) is 0 Å². The Morgan fingerprint density at radius 3 is 2.52 bits per heavy atom. The molecule has 0 radical (unpaired) electrons. The summed E-state index contributed by atoms with van der Waals surface area (Å²) in [6.07, 6.45) is 5.52. The van der Waals surface area contributed by atoms with Crippen molar-refractivity contribution in [2.24, 2.45) is 4.99 Å².